The lowest BCUT2D eigenvalue weighted by atomic mass is 9.95. The topological polar surface area (TPSA) is 64.2 Å². The lowest BCUT2D eigenvalue weighted by Gasteiger charge is -2.16. The van der Waals surface area contributed by atoms with Crippen LogP contribution in [0.25, 0.3) is 11.1 Å². The van der Waals surface area contributed by atoms with Crippen molar-refractivity contribution >= 4 is 5.97 Å². The maximum Gasteiger partial charge on any atom is 0.336 e. The van der Waals surface area contributed by atoms with Crippen molar-refractivity contribution in [3.63, 3.8) is 0 Å². The van der Waals surface area contributed by atoms with Gasteiger partial charge < -0.3 is 5.11 Å². The molecule has 1 heterocycles. The number of rotatable bonds is 9. The molecule has 1 aromatic heterocycles. The molecule has 4 rings (SSSR count). The van der Waals surface area contributed by atoms with Crippen LogP contribution in [0.5, 0.6) is 0 Å². The monoisotopic (exact) mass is 454 g/mol. The Labute approximate surface area is 199 Å². The van der Waals surface area contributed by atoms with Gasteiger partial charge in [-0.25, -0.2) is 9.59 Å². The quantitative estimate of drug-likeness (QED) is 0.347. The Morgan fingerprint density at radius 1 is 0.912 bits per heavy atom. The minimum Gasteiger partial charge on any atom is -0.478 e. The molecule has 0 aliphatic carbocycles. The highest BCUT2D eigenvalue weighted by Crippen LogP contribution is 2.29. The molecule has 174 valence electrons. The summed E-state index contributed by atoms with van der Waals surface area (Å²) in [5.41, 5.74) is 4.83. The van der Waals surface area contributed by atoms with E-state index in [1.165, 1.54) is 5.56 Å². The average molecular weight is 455 g/mol. The first-order valence-electron chi connectivity index (χ1n) is 11.7. The van der Waals surface area contributed by atoms with Crippen molar-refractivity contribution in [3.05, 3.63) is 118 Å². The largest absolute Gasteiger partial charge is 0.478 e. The smallest absolute Gasteiger partial charge is 0.336 e. The van der Waals surface area contributed by atoms with Crippen molar-refractivity contribution in [3.8, 4) is 11.1 Å². The number of carboxylic acid groups (broad SMARTS) is 1. The first-order chi connectivity index (χ1) is 16.5. The van der Waals surface area contributed by atoms with Crippen LogP contribution in [0.1, 0.15) is 53.4 Å². The molecule has 4 aromatic rings. The second-order valence-electron chi connectivity index (χ2n) is 8.67. The van der Waals surface area contributed by atoms with Gasteiger partial charge in [0, 0.05) is 18.4 Å². The number of hydrogen-bond donors (Lipinski definition) is 1. The highest BCUT2D eigenvalue weighted by atomic mass is 16.4. The van der Waals surface area contributed by atoms with Crippen LogP contribution in [-0.2, 0) is 19.5 Å². The number of carboxylic acids is 1. The van der Waals surface area contributed by atoms with Crippen molar-refractivity contribution in [1.29, 1.82) is 0 Å². The maximum atomic E-state index is 13.5. The zero-order chi connectivity index (χ0) is 24.1. The summed E-state index contributed by atoms with van der Waals surface area (Å²) in [7, 11) is 0. The van der Waals surface area contributed by atoms with Gasteiger partial charge in [0.15, 0.2) is 0 Å². The van der Waals surface area contributed by atoms with Crippen molar-refractivity contribution in [2.24, 2.45) is 0 Å². The average Bonchev–Trinajstić information content (AvgIpc) is 3.18. The van der Waals surface area contributed by atoms with E-state index in [-0.39, 0.29) is 17.2 Å². The van der Waals surface area contributed by atoms with E-state index in [0.717, 1.165) is 29.7 Å². The van der Waals surface area contributed by atoms with Crippen LogP contribution in [0.2, 0.25) is 0 Å². The molecule has 0 radical (unpaired) electrons. The van der Waals surface area contributed by atoms with E-state index < -0.39 is 5.97 Å². The second-order valence-corrected chi connectivity index (χ2v) is 8.67. The summed E-state index contributed by atoms with van der Waals surface area (Å²) in [6, 6.07) is 24.9. The van der Waals surface area contributed by atoms with Gasteiger partial charge in [-0.1, -0.05) is 86.6 Å². The lowest BCUT2D eigenvalue weighted by molar-refractivity contribution is 0.0697. The van der Waals surface area contributed by atoms with Gasteiger partial charge in [-0.2, -0.15) is 0 Å². The van der Waals surface area contributed by atoms with Crippen molar-refractivity contribution < 1.29 is 9.90 Å². The first-order valence-corrected chi connectivity index (χ1v) is 11.7. The molecular weight excluding hydrogens is 424 g/mol. The van der Waals surface area contributed by atoms with Crippen LogP contribution in [0.3, 0.4) is 0 Å². The van der Waals surface area contributed by atoms with E-state index in [0.29, 0.717) is 18.7 Å². The fourth-order valence-electron chi connectivity index (χ4n) is 4.36. The molecule has 5 heteroatoms. The van der Waals surface area contributed by atoms with E-state index in [1.807, 2.05) is 69.9 Å². The SMILES string of the molecule is CCC(C)c1cn(CCc2ccccc2)c(=O)n1Cc1ccccc1-c1ccccc1C(=O)O. The molecular formula is C29H30N2O3. The van der Waals surface area contributed by atoms with Crippen molar-refractivity contribution in [2.45, 2.75) is 45.7 Å². The third-order valence-corrected chi connectivity index (χ3v) is 6.47. The van der Waals surface area contributed by atoms with E-state index in [1.54, 1.807) is 12.1 Å². The van der Waals surface area contributed by atoms with E-state index in [2.05, 4.69) is 26.0 Å². The summed E-state index contributed by atoms with van der Waals surface area (Å²) in [6.07, 6.45) is 3.70. The first kappa shape index (κ1) is 23.3. The van der Waals surface area contributed by atoms with Crippen LogP contribution >= 0.6 is 0 Å². The molecule has 1 atom stereocenters. The molecule has 0 saturated heterocycles. The Morgan fingerprint density at radius 2 is 1.56 bits per heavy atom. The Hall–Kier alpha value is -3.86. The van der Waals surface area contributed by atoms with Crippen molar-refractivity contribution in [2.75, 3.05) is 0 Å². The normalized spacial score (nSPS) is 11.9. The molecule has 1 unspecified atom stereocenters. The third kappa shape index (κ3) is 4.88. The van der Waals surface area contributed by atoms with Crippen LogP contribution in [0, 0.1) is 0 Å². The van der Waals surface area contributed by atoms with Crippen LogP contribution in [0.15, 0.2) is 89.9 Å². The number of nitrogens with zero attached hydrogens (tertiary/aromatic N) is 2. The van der Waals surface area contributed by atoms with E-state index in [4.69, 9.17) is 0 Å². The molecule has 0 amide bonds. The Balaban J connectivity index is 1.73. The summed E-state index contributed by atoms with van der Waals surface area (Å²) in [4.78, 5) is 25.3. The zero-order valence-corrected chi connectivity index (χ0v) is 19.6. The lowest BCUT2D eigenvalue weighted by Crippen LogP contribution is -2.26. The number of benzene rings is 3. The fraction of sp³-hybridized carbons (Fsp3) is 0.241. The van der Waals surface area contributed by atoms with Gasteiger partial charge >= 0.3 is 11.7 Å². The number of aryl methyl sites for hydroxylation is 2. The van der Waals surface area contributed by atoms with Crippen molar-refractivity contribution in [1.82, 2.24) is 9.13 Å². The summed E-state index contributed by atoms with van der Waals surface area (Å²) in [5, 5.41) is 9.70. The highest BCUT2D eigenvalue weighted by molar-refractivity contribution is 5.96. The van der Waals surface area contributed by atoms with Gasteiger partial charge in [0.1, 0.15) is 0 Å². The van der Waals surface area contributed by atoms with Gasteiger partial charge in [0.2, 0.25) is 0 Å². The molecule has 0 spiro atoms. The minimum atomic E-state index is -0.963. The predicted octanol–water partition coefficient (Wildman–Crippen LogP) is 5.82. The zero-order valence-electron chi connectivity index (χ0n) is 19.6. The van der Waals surface area contributed by atoms with Gasteiger partial charge in [0.25, 0.3) is 0 Å². The number of hydrogen-bond acceptors (Lipinski definition) is 2. The minimum absolute atomic E-state index is 0.0347. The van der Waals surface area contributed by atoms with Crippen LogP contribution < -0.4 is 5.69 Å². The summed E-state index contributed by atoms with van der Waals surface area (Å²) in [5.74, 6) is -0.737. The molecule has 34 heavy (non-hydrogen) atoms. The summed E-state index contributed by atoms with van der Waals surface area (Å²) in [6.45, 7) is 5.26. The second kappa shape index (κ2) is 10.4. The fourth-order valence-corrected chi connectivity index (χ4v) is 4.36. The van der Waals surface area contributed by atoms with Gasteiger partial charge in [0.05, 0.1) is 12.1 Å². The molecule has 1 N–H and O–H groups in total. The maximum absolute atomic E-state index is 13.5. The van der Waals surface area contributed by atoms with E-state index >= 15 is 0 Å². The molecule has 0 bridgehead atoms. The number of aromatic nitrogens is 2. The number of aromatic carboxylic acids is 1. The molecule has 5 nitrogen and oxygen atoms in total. The van der Waals surface area contributed by atoms with Gasteiger partial charge in [-0.05, 0) is 47.1 Å². The van der Waals surface area contributed by atoms with Crippen LogP contribution in [-0.4, -0.2) is 20.2 Å². The van der Waals surface area contributed by atoms with Gasteiger partial charge in [-0.15, -0.1) is 0 Å². The summed E-state index contributed by atoms with van der Waals surface area (Å²) >= 11 is 0. The molecule has 0 aliphatic heterocycles. The standard InChI is InChI=1S/C29H30N2O3/c1-3-21(2)27-20-30(18-17-22-11-5-4-6-12-22)29(34)31(27)19-23-13-7-8-14-24(23)25-15-9-10-16-26(25)28(32)33/h4-16,20-21H,3,17-19H2,1-2H3,(H,32,33). The Kier molecular flexibility index (Phi) is 7.12. The number of imidazole rings is 1. The summed E-state index contributed by atoms with van der Waals surface area (Å²) < 4.78 is 3.66. The predicted molar refractivity (Wildman–Crippen MR) is 135 cm³/mol. The molecule has 0 fully saturated rings. The highest BCUT2D eigenvalue weighted by Gasteiger charge is 2.19. The molecule has 0 saturated carbocycles. The molecule has 3 aromatic carbocycles. The molecule has 0 aliphatic rings. The van der Waals surface area contributed by atoms with E-state index in [9.17, 15) is 14.7 Å². The Morgan fingerprint density at radius 3 is 2.26 bits per heavy atom. The van der Waals surface area contributed by atoms with Crippen LogP contribution in [0.4, 0.5) is 0 Å². The number of carbonyl (C=O) groups is 1. The third-order valence-electron chi connectivity index (χ3n) is 6.47. The Bertz CT molecular complexity index is 1340. The van der Waals surface area contributed by atoms with Gasteiger partial charge in [-0.3, -0.25) is 9.13 Å².